The maximum Gasteiger partial charge on any atom is 0.303 e. The molecule has 3 aromatic rings. The van der Waals surface area contributed by atoms with Crippen molar-refractivity contribution in [2.45, 2.75) is 56.7 Å². The van der Waals surface area contributed by atoms with Gasteiger partial charge < -0.3 is 23.7 Å². The molecule has 5 atom stereocenters. The molecule has 190 valence electrons. The molecule has 3 aromatic carbocycles. The molecule has 7 heteroatoms. The molecule has 1 aliphatic heterocycles. The van der Waals surface area contributed by atoms with Crippen molar-refractivity contribution in [3.63, 3.8) is 0 Å². The fourth-order valence-electron chi connectivity index (χ4n) is 4.10. The lowest BCUT2D eigenvalue weighted by Gasteiger charge is -2.43. The van der Waals surface area contributed by atoms with E-state index in [0.29, 0.717) is 13.2 Å². The smallest absolute Gasteiger partial charge is 0.303 e. The summed E-state index contributed by atoms with van der Waals surface area (Å²) in [7, 11) is 0. The molecule has 36 heavy (non-hydrogen) atoms. The Hall–Kier alpha value is -2.74. The Labute approximate surface area is 217 Å². The van der Waals surface area contributed by atoms with Crippen molar-refractivity contribution in [1.29, 1.82) is 0 Å². The van der Waals surface area contributed by atoms with Gasteiger partial charge in [0.15, 0.2) is 11.7 Å². The normalized spacial score (nSPS) is 23.8. The van der Waals surface area contributed by atoms with Crippen molar-refractivity contribution in [2.75, 3.05) is 6.61 Å². The van der Waals surface area contributed by atoms with Gasteiger partial charge in [0, 0.05) is 6.92 Å². The minimum Gasteiger partial charge on any atom is -0.457 e. The van der Waals surface area contributed by atoms with Crippen LogP contribution in [0.1, 0.15) is 23.6 Å². The molecule has 0 saturated carbocycles. The van der Waals surface area contributed by atoms with Gasteiger partial charge in [0.2, 0.25) is 0 Å². The zero-order chi connectivity index (χ0) is 25.2. The number of benzene rings is 3. The Bertz CT molecular complexity index is 1050. The number of ether oxygens (including phenoxy) is 5. The number of hydrogen-bond donors (Lipinski definition) is 0. The first-order valence-corrected chi connectivity index (χ1v) is 12.4. The molecule has 1 fully saturated rings. The SMILES string of the molecule is CC(=O)O[C@@H]1[C@H](OCc2ccccc2)[C@@H](Cl)O[C@H](COCc2ccccc2)[C@H]1OCc1ccccc1. The molecule has 1 heterocycles. The van der Waals surface area contributed by atoms with Crippen LogP contribution in [0.4, 0.5) is 0 Å². The van der Waals surface area contributed by atoms with Crippen molar-refractivity contribution < 1.29 is 28.5 Å². The van der Waals surface area contributed by atoms with Gasteiger partial charge in [0.25, 0.3) is 0 Å². The van der Waals surface area contributed by atoms with Gasteiger partial charge in [-0.3, -0.25) is 4.79 Å². The minimum atomic E-state index is -0.861. The largest absolute Gasteiger partial charge is 0.457 e. The van der Waals surface area contributed by atoms with E-state index in [1.807, 2.05) is 91.0 Å². The Balaban J connectivity index is 1.51. The quantitative estimate of drug-likeness (QED) is 0.259. The number of carbonyl (C=O) groups is 1. The van der Waals surface area contributed by atoms with Gasteiger partial charge in [0.1, 0.15) is 18.3 Å². The molecule has 0 unspecified atom stereocenters. The number of carbonyl (C=O) groups excluding carboxylic acids is 1. The molecule has 4 rings (SSSR count). The van der Waals surface area contributed by atoms with Gasteiger partial charge in [-0.2, -0.15) is 0 Å². The summed E-state index contributed by atoms with van der Waals surface area (Å²) in [6.45, 7) is 2.57. The van der Waals surface area contributed by atoms with E-state index in [2.05, 4.69) is 0 Å². The monoisotopic (exact) mass is 510 g/mol. The molecular weight excluding hydrogens is 480 g/mol. The molecule has 0 bridgehead atoms. The fraction of sp³-hybridized carbons (Fsp3) is 0.345. The van der Waals surface area contributed by atoms with Gasteiger partial charge in [0.05, 0.1) is 26.4 Å². The molecule has 6 nitrogen and oxygen atoms in total. The topological polar surface area (TPSA) is 63.2 Å². The Morgan fingerprint density at radius 2 is 1.19 bits per heavy atom. The van der Waals surface area contributed by atoms with Crippen molar-refractivity contribution in [3.8, 4) is 0 Å². The molecule has 1 saturated heterocycles. The highest BCUT2D eigenvalue weighted by Gasteiger charge is 2.49. The number of esters is 1. The molecule has 1 aliphatic rings. The first kappa shape index (κ1) is 26.3. The summed E-state index contributed by atoms with van der Waals surface area (Å²) in [4.78, 5) is 12.1. The van der Waals surface area contributed by atoms with Crippen LogP contribution < -0.4 is 0 Å². The van der Waals surface area contributed by atoms with Crippen LogP contribution in [0, 0.1) is 0 Å². The number of halogens is 1. The first-order chi connectivity index (χ1) is 17.6. The Kier molecular flexibility index (Phi) is 9.90. The Morgan fingerprint density at radius 1 is 0.722 bits per heavy atom. The van der Waals surface area contributed by atoms with Crippen molar-refractivity contribution in [3.05, 3.63) is 108 Å². The lowest BCUT2D eigenvalue weighted by molar-refractivity contribution is -0.249. The average molecular weight is 511 g/mol. The number of alkyl halides is 1. The van der Waals surface area contributed by atoms with Crippen molar-refractivity contribution in [2.24, 2.45) is 0 Å². The number of rotatable bonds is 11. The maximum atomic E-state index is 12.1. The highest BCUT2D eigenvalue weighted by molar-refractivity contribution is 6.20. The summed E-state index contributed by atoms with van der Waals surface area (Å²) in [5.74, 6) is -0.448. The summed E-state index contributed by atoms with van der Waals surface area (Å²) in [6, 6.07) is 29.4. The molecule has 0 N–H and O–H groups in total. The van der Waals surface area contributed by atoms with Crippen LogP contribution in [0.3, 0.4) is 0 Å². The van der Waals surface area contributed by atoms with Gasteiger partial charge in [-0.05, 0) is 16.7 Å². The highest BCUT2D eigenvalue weighted by Crippen LogP contribution is 2.32. The number of hydrogen-bond acceptors (Lipinski definition) is 6. The third-order valence-corrected chi connectivity index (χ3v) is 6.19. The van der Waals surface area contributed by atoms with Crippen LogP contribution in [0.25, 0.3) is 0 Å². The van der Waals surface area contributed by atoms with E-state index < -0.39 is 35.9 Å². The maximum absolute atomic E-state index is 12.1. The lowest BCUT2D eigenvalue weighted by Crippen LogP contribution is -2.60. The second kappa shape index (κ2) is 13.5. The van der Waals surface area contributed by atoms with Crippen LogP contribution in [-0.2, 0) is 48.3 Å². The Morgan fingerprint density at radius 3 is 1.69 bits per heavy atom. The highest BCUT2D eigenvalue weighted by atomic mass is 35.5. The van der Waals surface area contributed by atoms with Crippen LogP contribution in [0.5, 0.6) is 0 Å². The van der Waals surface area contributed by atoms with Crippen LogP contribution in [0.15, 0.2) is 91.0 Å². The van der Waals surface area contributed by atoms with Gasteiger partial charge in [-0.1, -0.05) is 103 Å². The van der Waals surface area contributed by atoms with Crippen LogP contribution >= 0.6 is 11.6 Å². The minimum absolute atomic E-state index is 0.209. The van der Waals surface area contributed by atoms with Crippen molar-refractivity contribution in [1.82, 2.24) is 0 Å². The first-order valence-electron chi connectivity index (χ1n) is 12.0. The summed E-state index contributed by atoms with van der Waals surface area (Å²) >= 11 is 6.65. The molecule has 0 radical (unpaired) electrons. The van der Waals surface area contributed by atoms with E-state index in [4.69, 9.17) is 35.3 Å². The zero-order valence-electron chi connectivity index (χ0n) is 20.2. The summed E-state index contributed by atoms with van der Waals surface area (Å²) in [5, 5.41) is 0. The van der Waals surface area contributed by atoms with E-state index in [9.17, 15) is 4.79 Å². The predicted octanol–water partition coefficient (Wildman–Crippen LogP) is 5.27. The van der Waals surface area contributed by atoms with Gasteiger partial charge in [-0.15, -0.1) is 0 Å². The van der Waals surface area contributed by atoms with Gasteiger partial charge in [-0.25, -0.2) is 0 Å². The third kappa shape index (κ3) is 7.63. The fourth-order valence-corrected chi connectivity index (χ4v) is 4.45. The van der Waals surface area contributed by atoms with E-state index in [0.717, 1.165) is 16.7 Å². The zero-order valence-corrected chi connectivity index (χ0v) is 21.0. The van der Waals surface area contributed by atoms with Crippen LogP contribution in [-0.4, -0.2) is 42.6 Å². The predicted molar refractivity (Wildman–Crippen MR) is 136 cm³/mol. The molecule has 0 spiro atoms. The van der Waals surface area contributed by atoms with E-state index >= 15 is 0 Å². The molecule has 0 amide bonds. The van der Waals surface area contributed by atoms with Crippen molar-refractivity contribution >= 4 is 17.6 Å². The summed E-state index contributed by atoms with van der Waals surface area (Å²) in [5.41, 5.74) is 2.13. The van der Waals surface area contributed by atoms with E-state index in [-0.39, 0.29) is 13.2 Å². The van der Waals surface area contributed by atoms with E-state index in [1.54, 1.807) is 0 Å². The standard InChI is InChI=1S/C29H31ClO6/c1-21(31)35-27-26(33-18-23-13-7-3-8-14-23)25(20-32-17-22-11-5-2-6-12-22)36-29(30)28(27)34-19-24-15-9-4-10-16-24/h2-16,25-29H,17-20H2,1H3/t25-,26-,27+,28+,29+/m1/s1. The molecule has 0 aromatic heterocycles. The van der Waals surface area contributed by atoms with Crippen LogP contribution in [0.2, 0.25) is 0 Å². The summed E-state index contributed by atoms with van der Waals surface area (Å²) < 4.78 is 30.3. The molecule has 0 aliphatic carbocycles. The second-order valence-electron chi connectivity index (χ2n) is 8.62. The lowest BCUT2D eigenvalue weighted by atomic mass is 9.99. The average Bonchev–Trinajstić information content (AvgIpc) is 2.89. The summed E-state index contributed by atoms with van der Waals surface area (Å²) in [6.07, 6.45) is -2.74. The van der Waals surface area contributed by atoms with E-state index in [1.165, 1.54) is 6.92 Å². The second-order valence-corrected chi connectivity index (χ2v) is 9.05. The molecular formula is C29H31ClO6. The van der Waals surface area contributed by atoms with Gasteiger partial charge >= 0.3 is 5.97 Å². The third-order valence-electron chi connectivity index (χ3n) is 5.84.